The van der Waals surface area contributed by atoms with E-state index in [1.165, 1.54) is 24.3 Å². The summed E-state index contributed by atoms with van der Waals surface area (Å²) in [5.74, 6) is 0.406. The predicted molar refractivity (Wildman–Crippen MR) is 118 cm³/mol. The molecule has 3 rings (SSSR count). The summed E-state index contributed by atoms with van der Waals surface area (Å²) in [5, 5.41) is 37.9. The molecule has 0 bridgehead atoms. The summed E-state index contributed by atoms with van der Waals surface area (Å²) in [7, 11) is 0. The van der Waals surface area contributed by atoms with Crippen LogP contribution in [-0.4, -0.2) is 0 Å². The largest absolute Gasteiger partial charge is 0.457 e. The van der Waals surface area contributed by atoms with Gasteiger partial charge in [0.15, 0.2) is 0 Å². The van der Waals surface area contributed by atoms with Gasteiger partial charge in [-0.3, -0.25) is 0 Å². The topological polar surface area (TPSA) is 114 Å². The standard InChI is InChI=1S/C26H14F2N4O2/c27-11-17-3-1-5-21(7-17)33-25-9-24(20(15-31)16-32)26(10-23(25)19(13-29)14-30)34-22-6-2-4-18(8-22)12-28/h1-10H,11-12H2. The van der Waals surface area contributed by atoms with E-state index in [2.05, 4.69) is 0 Å². The molecule has 0 unspecified atom stereocenters. The predicted octanol–water partition coefficient (Wildman–Crippen LogP) is 4.61. The van der Waals surface area contributed by atoms with Gasteiger partial charge in [0.25, 0.3) is 0 Å². The third-order valence-electron chi connectivity index (χ3n) is 4.63. The molecule has 8 heteroatoms. The Labute approximate surface area is 193 Å². The van der Waals surface area contributed by atoms with E-state index < -0.39 is 13.3 Å². The summed E-state index contributed by atoms with van der Waals surface area (Å²) in [6.45, 7) is -1.46. The van der Waals surface area contributed by atoms with Crippen LogP contribution in [0.4, 0.5) is 8.78 Å². The maximum atomic E-state index is 13.1. The zero-order valence-corrected chi connectivity index (χ0v) is 17.5. The minimum Gasteiger partial charge on any atom is -0.457 e. The Kier molecular flexibility index (Phi) is 7.54. The monoisotopic (exact) mass is 452 g/mol. The van der Waals surface area contributed by atoms with Crippen molar-refractivity contribution in [3.8, 4) is 47.3 Å². The van der Waals surface area contributed by atoms with Crippen LogP contribution < -0.4 is 19.9 Å². The van der Waals surface area contributed by atoms with Crippen LogP contribution >= 0.6 is 0 Å². The van der Waals surface area contributed by atoms with Crippen LogP contribution in [0.3, 0.4) is 0 Å². The molecular weight excluding hydrogens is 438 g/mol. The fourth-order valence-electron chi connectivity index (χ4n) is 3.05. The molecule has 0 radical (unpaired) electrons. The highest BCUT2D eigenvalue weighted by Crippen LogP contribution is 2.24. The first-order valence-electron chi connectivity index (χ1n) is 9.75. The average Bonchev–Trinajstić information content (AvgIpc) is 2.87. The Balaban J connectivity index is 2.32. The molecule has 0 atom stereocenters. The number of rotatable bonds is 6. The van der Waals surface area contributed by atoms with Crippen molar-refractivity contribution in [3.63, 3.8) is 0 Å². The second-order valence-electron chi connectivity index (χ2n) is 6.81. The molecule has 34 heavy (non-hydrogen) atoms. The van der Waals surface area contributed by atoms with Crippen molar-refractivity contribution in [2.75, 3.05) is 0 Å². The Morgan fingerprint density at radius 3 is 1.32 bits per heavy atom. The molecule has 0 saturated carbocycles. The van der Waals surface area contributed by atoms with Crippen LogP contribution in [0.1, 0.15) is 11.1 Å². The molecule has 0 aromatic heterocycles. The van der Waals surface area contributed by atoms with E-state index in [0.29, 0.717) is 11.1 Å². The number of hydrogen-bond donors (Lipinski definition) is 0. The van der Waals surface area contributed by atoms with Crippen molar-refractivity contribution in [1.82, 2.24) is 0 Å². The number of nitrogens with zero attached hydrogens (tertiary/aromatic N) is 4. The summed E-state index contributed by atoms with van der Waals surface area (Å²) >= 11 is 0. The van der Waals surface area contributed by atoms with Crippen LogP contribution in [0.5, 0.6) is 23.0 Å². The molecular formula is C26H14F2N4O2. The lowest BCUT2D eigenvalue weighted by molar-refractivity contribution is 0.455. The summed E-state index contributed by atoms with van der Waals surface area (Å²) in [5.41, 5.74) is 0.0538. The minimum absolute atomic E-state index is 0.0167. The Bertz CT molecular complexity index is 1390. The molecule has 0 fully saturated rings. The third kappa shape index (κ3) is 5.17. The normalized spacial score (nSPS) is 9.59. The lowest BCUT2D eigenvalue weighted by Gasteiger charge is -2.12. The van der Waals surface area contributed by atoms with Gasteiger partial charge in [-0.15, -0.1) is 0 Å². The molecule has 0 heterocycles. The van der Waals surface area contributed by atoms with Gasteiger partial charge in [-0.05, 0) is 47.5 Å². The maximum absolute atomic E-state index is 13.1. The number of ether oxygens (including phenoxy) is 2. The highest BCUT2D eigenvalue weighted by Gasteiger charge is 2.13. The van der Waals surface area contributed by atoms with Crippen molar-refractivity contribution < 1.29 is 18.3 Å². The minimum atomic E-state index is -0.728. The molecule has 0 aliphatic heterocycles. The van der Waals surface area contributed by atoms with Gasteiger partial charge in [-0.25, -0.2) is 8.78 Å². The second-order valence-corrected chi connectivity index (χ2v) is 6.81. The lowest BCUT2D eigenvalue weighted by atomic mass is 10.1. The van der Waals surface area contributed by atoms with E-state index in [1.54, 1.807) is 60.7 Å². The second kappa shape index (κ2) is 10.9. The zero-order chi connectivity index (χ0) is 24.5. The Morgan fingerprint density at radius 1 is 0.618 bits per heavy atom. The van der Waals surface area contributed by atoms with Gasteiger partial charge in [0.2, 0.25) is 0 Å². The van der Waals surface area contributed by atoms with Crippen molar-refractivity contribution in [1.29, 1.82) is 21.0 Å². The van der Waals surface area contributed by atoms with Gasteiger partial charge >= 0.3 is 0 Å². The fourth-order valence-corrected chi connectivity index (χ4v) is 3.05. The van der Waals surface area contributed by atoms with Gasteiger partial charge in [-0.2, -0.15) is 21.0 Å². The highest BCUT2D eigenvalue weighted by molar-refractivity contribution is 5.77. The summed E-state index contributed by atoms with van der Waals surface area (Å²) in [6.07, 6.45) is 0. The molecule has 0 aliphatic carbocycles. The van der Waals surface area contributed by atoms with E-state index in [-0.39, 0.29) is 44.6 Å². The first-order chi connectivity index (χ1) is 16.6. The quantitative estimate of drug-likeness (QED) is 0.540. The molecule has 164 valence electrons. The zero-order valence-electron chi connectivity index (χ0n) is 17.5. The molecule has 3 aromatic carbocycles. The average molecular weight is 452 g/mol. The smallest absolute Gasteiger partial charge is 0.140 e. The molecule has 3 aromatic rings. The van der Waals surface area contributed by atoms with Crippen molar-refractivity contribution in [2.24, 2.45) is 0 Å². The van der Waals surface area contributed by atoms with Gasteiger partial charge in [0, 0.05) is 10.4 Å². The van der Waals surface area contributed by atoms with Crippen LogP contribution in [0, 0.1) is 45.3 Å². The first kappa shape index (κ1) is 23.5. The van der Waals surface area contributed by atoms with Gasteiger partial charge in [0.05, 0.1) is 0 Å². The fraction of sp³-hybridized carbons (Fsp3) is 0.0769. The third-order valence-corrected chi connectivity index (χ3v) is 4.63. The van der Waals surface area contributed by atoms with E-state index in [1.807, 2.05) is 0 Å². The highest BCUT2D eigenvalue weighted by atomic mass is 19.1. The molecule has 0 saturated heterocycles. The van der Waals surface area contributed by atoms with Crippen molar-refractivity contribution >= 4 is 11.1 Å². The summed E-state index contributed by atoms with van der Waals surface area (Å²) in [6, 6.07) is 21.9. The number of benzene rings is 3. The number of hydrogen-bond acceptors (Lipinski definition) is 6. The van der Waals surface area contributed by atoms with E-state index in [4.69, 9.17) is 9.47 Å². The van der Waals surface area contributed by atoms with E-state index in [0.717, 1.165) is 0 Å². The molecule has 0 amide bonds. The molecule has 6 nitrogen and oxygen atoms in total. The van der Waals surface area contributed by atoms with Crippen LogP contribution in [0.2, 0.25) is 0 Å². The van der Waals surface area contributed by atoms with Crippen molar-refractivity contribution in [2.45, 2.75) is 13.3 Å². The molecule has 0 aliphatic rings. The van der Waals surface area contributed by atoms with Crippen LogP contribution in [0.15, 0.2) is 60.7 Å². The summed E-state index contributed by atoms with van der Waals surface area (Å²) in [4.78, 5) is 0. The van der Waals surface area contributed by atoms with Gasteiger partial charge in [-0.1, -0.05) is 24.3 Å². The number of alkyl halides is 2. The van der Waals surface area contributed by atoms with E-state index >= 15 is 0 Å². The Hall–Kier alpha value is -5.18. The maximum Gasteiger partial charge on any atom is 0.140 e. The first-order valence-corrected chi connectivity index (χ1v) is 9.75. The van der Waals surface area contributed by atoms with Crippen LogP contribution in [0.25, 0.3) is 11.1 Å². The molecule has 0 N–H and O–H groups in total. The SMILES string of the molecule is N#CC(C#N)=c1cc(Oc2cccc(CF)c2)c(=C(C#N)C#N)cc1Oc1cccc(CF)c1. The van der Waals surface area contributed by atoms with Gasteiger partial charge < -0.3 is 9.47 Å². The van der Waals surface area contributed by atoms with Crippen molar-refractivity contribution in [3.05, 3.63) is 82.2 Å². The lowest BCUT2D eigenvalue weighted by Crippen LogP contribution is -2.18. The van der Waals surface area contributed by atoms with E-state index in [9.17, 15) is 29.8 Å². The number of halogens is 2. The number of nitriles is 4. The van der Waals surface area contributed by atoms with Crippen LogP contribution in [-0.2, 0) is 13.3 Å². The molecule has 0 spiro atoms. The van der Waals surface area contributed by atoms with Gasteiger partial charge in [0.1, 0.15) is 71.8 Å². The summed E-state index contributed by atoms with van der Waals surface area (Å²) < 4.78 is 37.8. The Morgan fingerprint density at radius 2 is 1.00 bits per heavy atom.